The molecule has 0 aliphatic rings. The van der Waals surface area contributed by atoms with Crippen LogP contribution in [0.1, 0.15) is 36.1 Å². The standard InChI is InChI=1S/C9H9NO2/c1-7(11)6-9(12)8-4-2-3-5-10-8/h2-5H,6H2,1H3/i1D3,2D,3D,4D,5D,6D2. The number of hydrogen-bond donors (Lipinski definition) is 0. The van der Waals surface area contributed by atoms with Crippen molar-refractivity contribution in [2.75, 3.05) is 0 Å². The lowest BCUT2D eigenvalue weighted by atomic mass is 10.1. The number of carbonyl (C=O) groups is 2. The van der Waals surface area contributed by atoms with Gasteiger partial charge in [-0.05, 0) is 18.9 Å². The summed E-state index contributed by atoms with van der Waals surface area (Å²) in [6.07, 6.45) is -4.33. The minimum atomic E-state index is -3.48. The topological polar surface area (TPSA) is 47.0 Å². The smallest absolute Gasteiger partial charge is 0.188 e. The van der Waals surface area contributed by atoms with E-state index in [1.165, 1.54) is 0 Å². The van der Waals surface area contributed by atoms with Gasteiger partial charge in [-0.3, -0.25) is 14.6 Å². The molecule has 1 rings (SSSR count). The predicted octanol–water partition coefficient (Wildman–Crippen LogP) is 1.24. The van der Waals surface area contributed by atoms with Gasteiger partial charge in [0.05, 0.1) is 11.9 Å². The predicted molar refractivity (Wildman–Crippen MR) is 43.9 cm³/mol. The van der Waals surface area contributed by atoms with Crippen LogP contribution in [0.25, 0.3) is 0 Å². The summed E-state index contributed by atoms with van der Waals surface area (Å²) < 4.78 is 64.5. The van der Waals surface area contributed by atoms with Crippen molar-refractivity contribution in [1.29, 1.82) is 0 Å². The minimum Gasteiger partial charge on any atom is -0.300 e. The summed E-state index contributed by atoms with van der Waals surface area (Å²) in [5.74, 6) is -3.70. The summed E-state index contributed by atoms with van der Waals surface area (Å²) in [5.41, 5.74) is -1.02. The van der Waals surface area contributed by atoms with Gasteiger partial charge in [0.1, 0.15) is 11.5 Å². The fraction of sp³-hybridized carbons (Fsp3) is 0.222. The molecular formula is C9H9NO2. The first-order valence-corrected chi connectivity index (χ1v) is 2.86. The zero-order valence-corrected chi connectivity index (χ0v) is 5.76. The maximum atomic E-state index is 11.9. The zero-order valence-electron chi connectivity index (χ0n) is 14.8. The normalized spacial score (nSPS) is 22.5. The van der Waals surface area contributed by atoms with Crippen molar-refractivity contribution in [3.05, 3.63) is 30.0 Å². The number of pyridine rings is 1. The summed E-state index contributed by atoms with van der Waals surface area (Å²) in [6.45, 7) is -3.37. The number of aromatic nitrogens is 1. The van der Waals surface area contributed by atoms with E-state index >= 15 is 0 Å². The number of ketones is 2. The van der Waals surface area contributed by atoms with Crippen LogP contribution in [0.2, 0.25) is 0 Å². The highest BCUT2D eigenvalue weighted by Crippen LogP contribution is 1.98. The largest absolute Gasteiger partial charge is 0.300 e. The van der Waals surface area contributed by atoms with E-state index in [4.69, 9.17) is 12.3 Å². The average molecular weight is 172 g/mol. The monoisotopic (exact) mass is 172 g/mol. The second-order valence-corrected chi connectivity index (χ2v) is 1.73. The van der Waals surface area contributed by atoms with Crippen LogP contribution in [0.5, 0.6) is 0 Å². The van der Waals surface area contributed by atoms with Crippen molar-refractivity contribution in [3.63, 3.8) is 0 Å². The van der Waals surface area contributed by atoms with Gasteiger partial charge in [-0.15, -0.1) is 0 Å². The summed E-state index contributed by atoms with van der Waals surface area (Å²) in [6, 6.07) is -2.52. The molecule has 1 aromatic heterocycles. The second-order valence-electron chi connectivity index (χ2n) is 1.73. The van der Waals surface area contributed by atoms with E-state index in [9.17, 15) is 9.59 Å². The number of rotatable bonds is 3. The van der Waals surface area contributed by atoms with E-state index in [1.54, 1.807) is 0 Å². The first-order chi connectivity index (χ1) is 9.31. The highest BCUT2D eigenvalue weighted by molar-refractivity contribution is 6.06. The van der Waals surface area contributed by atoms with Gasteiger partial charge in [0, 0.05) is 13.0 Å². The highest BCUT2D eigenvalue weighted by Gasteiger charge is 2.08. The van der Waals surface area contributed by atoms with Gasteiger partial charge in [-0.1, -0.05) is 6.04 Å². The first-order valence-electron chi connectivity index (χ1n) is 7.36. The van der Waals surface area contributed by atoms with Crippen LogP contribution in [0.3, 0.4) is 0 Å². The molecule has 0 spiro atoms. The van der Waals surface area contributed by atoms with Crippen molar-refractivity contribution >= 4 is 11.6 Å². The Hall–Kier alpha value is -1.51. The Morgan fingerprint density at radius 1 is 1.75 bits per heavy atom. The molecule has 3 nitrogen and oxygen atoms in total. The summed E-state index contributed by atoms with van der Waals surface area (Å²) in [7, 11) is 0. The van der Waals surface area contributed by atoms with Crippen LogP contribution in [0.4, 0.5) is 0 Å². The van der Waals surface area contributed by atoms with Crippen molar-refractivity contribution < 1.29 is 21.9 Å². The molecule has 0 saturated heterocycles. The Balaban J connectivity index is 3.43. The number of carbonyl (C=O) groups excluding carboxylic acids is 2. The molecule has 0 fully saturated rings. The number of Topliss-reactive ketones (excluding diaryl/α,β-unsaturated/α-hetero) is 2. The Kier molecular flexibility index (Phi) is 0.779. The fourth-order valence-corrected chi connectivity index (χ4v) is 0.500. The molecule has 12 heavy (non-hydrogen) atoms. The molecule has 0 amide bonds. The average Bonchev–Trinajstić information content (AvgIpc) is 2.37. The molecule has 0 N–H and O–H groups in total. The van der Waals surface area contributed by atoms with Crippen molar-refractivity contribution in [3.8, 4) is 0 Å². The quantitative estimate of drug-likeness (QED) is 0.509. The summed E-state index contributed by atoms with van der Waals surface area (Å²) >= 11 is 0. The molecule has 1 aromatic rings. The lowest BCUT2D eigenvalue weighted by Crippen LogP contribution is -2.06. The summed E-state index contributed by atoms with van der Waals surface area (Å²) in [4.78, 5) is 26.6. The Labute approximate surface area is 83.1 Å². The van der Waals surface area contributed by atoms with Gasteiger partial charge >= 0.3 is 0 Å². The molecule has 0 aromatic carbocycles. The molecule has 0 aliphatic heterocycles. The maximum absolute atomic E-state index is 11.9. The Morgan fingerprint density at radius 2 is 2.58 bits per heavy atom. The Morgan fingerprint density at radius 3 is 3.33 bits per heavy atom. The molecular weight excluding hydrogens is 154 g/mol. The van der Waals surface area contributed by atoms with Gasteiger partial charge in [-0.25, -0.2) is 0 Å². The Bertz CT molecular complexity index is 623. The van der Waals surface area contributed by atoms with Crippen molar-refractivity contribution in [2.45, 2.75) is 13.2 Å². The minimum absolute atomic E-state index is 0.737. The fourth-order valence-electron chi connectivity index (χ4n) is 0.500. The molecule has 0 radical (unpaired) electrons. The van der Waals surface area contributed by atoms with E-state index in [0.717, 1.165) is 0 Å². The van der Waals surface area contributed by atoms with Crippen LogP contribution in [-0.4, -0.2) is 16.6 Å². The van der Waals surface area contributed by atoms with E-state index in [2.05, 4.69) is 4.98 Å². The molecule has 3 heteroatoms. The molecule has 0 atom stereocenters. The van der Waals surface area contributed by atoms with Crippen LogP contribution in [0, 0.1) is 0 Å². The molecule has 0 bridgehead atoms. The van der Waals surface area contributed by atoms with E-state index in [-0.39, 0.29) is 0 Å². The third-order valence-electron chi connectivity index (χ3n) is 0.909. The maximum Gasteiger partial charge on any atom is 0.188 e. The van der Waals surface area contributed by atoms with Crippen LogP contribution >= 0.6 is 0 Å². The van der Waals surface area contributed by atoms with E-state index in [1.807, 2.05) is 0 Å². The SMILES string of the molecule is [2H]c1nc(C(=O)C([2H])([2H])C(=O)C([2H])([2H])[2H])c([2H])c([2H])c1[2H]. The number of nitrogens with zero attached hydrogens (tertiary/aromatic N) is 1. The van der Waals surface area contributed by atoms with Crippen molar-refractivity contribution in [2.24, 2.45) is 0 Å². The lowest BCUT2D eigenvalue weighted by Gasteiger charge is -1.94. The molecule has 0 saturated carbocycles. The molecule has 1 heterocycles. The molecule has 62 valence electrons. The van der Waals surface area contributed by atoms with Gasteiger partial charge in [0.15, 0.2) is 5.78 Å². The van der Waals surface area contributed by atoms with Crippen LogP contribution < -0.4 is 0 Å². The van der Waals surface area contributed by atoms with Gasteiger partial charge < -0.3 is 0 Å². The van der Waals surface area contributed by atoms with E-state index in [0.29, 0.717) is 0 Å². The van der Waals surface area contributed by atoms with Gasteiger partial charge in [-0.2, -0.15) is 0 Å². The molecule has 0 unspecified atom stereocenters. The van der Waals surface area contributed by atoms with Gasteiger partial charge in [0.25, 0.3) is 0 Å². The lowest BCUT2D eigenvalue weighted by molar-refractivity contribution is -0.116. The third-order valence-corrected chi connectivity index (χ3v) is 0.909. The second kappa shape index (κ2) is 3.76. The molecule has 0 aliphatic carbocycles. The van der Waals surface area contributed by atoms with Crippen LogP contribution in [-0.2, 0) is 4.79 Å². The van der Waals surface area contributed by atoms with E-state index < -0.39 is 54.8 Å². The first kappa shape index (κ1) is 2.49. The van der Waals surface area contributed by atoms with Gasteiger partial charge in [0.2, 0.25) is 0 Å². The van der Waals surface area contributed by atoms with Crippen molar-refractivity contribution in [1.82, 2.24) is 4.98 Å². The summed E-state index contributed by atoms with van der Waals surface area (Å²) in [5, 5.41) is 0. The highest BCUT2D eigenvalue weighted by atomic mass is 16.1. The number of hydrogen-bond acceptors (Lipinski definition) is 3. The third kappa shape index (κ3) is 2.27. The zero-order chi connectivity index (χ0) is 16.7. The van der Waals surface area contributed by atoms with Crippen LogP contribution in [0.15, 0.2) is 24.3 Å².